The van der Waals surface area contributed by atoms with Gasteiger partial charge in [0.2, 0.25) is 0 Å². The summed E-state index contributed by atoms with van der Waals surface area (Å²) in [5, 5.41) is 1.99. The number of rotatable bonds is 19. The van der Waals surface area contributed by atoms with Crippen molar-refractivity contribution in [2.45, 2.75) is 148 Å². The number of hydrogen-bond acceptors (Lipinski definition) is 0. The monoisotopic (exact) mass is 1270 g/mol. The van der Waals surface area contributed by atoms with Gasteiger partial charge >= 0.3 is 0 Å². The van der Waals surface area contributed by atoms with E-state index in [4.69, 9.17) is 0 Å². The maximum absolute atomic E-state index is 3.71. The third-order valence-corrected chi connectivity index (χ3v) is 21.2. The lowest BCUT2D eigenvalue weighted by molar-refractivity contribution is 0.398. The number of hydrogen-bond donors (Lipinski definition) is 0. The number of benzene rings is 4. The summed E-state index contributed by atoms with van der Waals surface area (Å²) in [5.74, 6) is 13.4. The summed E-state index contributed by atoms with van der Waals surface area (Å²) in [6.07, 6.45) is 72.3. The van der Waals surface area contributed by atoms with Crippen LogP contribution in [0.1, 0.15) is 147 Å². The van der Waals surface area contributed by atoms with Crippen LogP contribution >= 0.6 is 31.9 Å². The molecular weight excluding hydrogens is 1160 g/mol. The van der Waals surface area contributed by atoms with Gasteiger partial charge in [-0.2, -0.15) is 0 Å². The van der Waals surface area contributed by atoms with Crippen molar-refractivity contribution in [2.75, 3.05) is 10.7 Å². The Hall–Kier alpha value is -4.76. The first-order valence-electron chi connectivity index (χ1n) is 33.9. The molecule has 0 saturated heterocycles. The van der Waals surface area contributed by atoms with Gasteiger partial charge in [-0.3, -0.25) is 0 Å². The Balaban J connectivity index is 0.000000163. The van der Waals surface area contributed by atoms with Crippen molar-refractivity contribution in [3.05, 3.63) is 266 Å². The fourth-order valence-electron chi connectivity index (χ4n) is 15.7. The number of alkyl halides is 2. The molecule has 0 nitrogen and oxygen atoms in total. The molecule has 8 bridgehead atoms. The molecule has 0 spiro atoms. The van der Waals surface area contributed by atoms with Gasteiger partial charge in [0.05, 0.1) is 0 Å². The van der Waals surface area contributed by atoms with Gasteiger partial charge in [0.1, 0.15) is 0 Å². The van der Waals surface area contributed by atoms with E-state index >= 15 is 0 Å². The van der Waals surface area contributed by atoms with Gasteiger partial charge in [0.15, 0.2) is 0 Å². The molecule has 456 valence electrons. The van der Waals surface area contributed by atoms with E-state index in [-0.39, 0.29) is 2.85 Å². The zero-order chi connectivity index (χ0) is 58.9. The van der Waals surface area contributed by atoms with Crippen LogP contribution in [0.15, 0.2) is 244 Å². The topological polar surface area (TPSA) is 0 Å². The molecule has 11 aliphatic carbocycles. The van der Waals surface area contributed by atoms with Crippen LogP contribution in [0, 0.1) is 82.9 Å². The minimum absolute atomic E-state index is 0. The van der Waals surface area contributed by atoms with Gasteiger partial charge in [0, 0.05) is 13.5 Å². The summed E-state index contributed by atoms with van der Waals surface area (Å²) in [6, 6.07) is 43.0. The fourth-order valence-corrected chi connectivity index (χ4v) is 16.0. The summed E-state index contributed by atoms with van der Waals surface area (Å²) in [7, 11) is 0. The summed E-state index contributed by atoms with van der Waals surface area (Å²) < 4.78 is 0. The number of aryl methyl sites for hydroxylation is 4. The first kappa shape index (κ1) is 66.2. The average molecular weight is 1270 g/mol. The second kappa shape index (κ2) is 38.5. The van der Waals surface area contributed by atoms with Gasteiger partial charge in [-0.25, -0.2) is 0 Å². The number of fused-ring (bicyclic) bond motifs is 14. The second-order valence-corrected chi connectivity index (χ2v) is 27.5. The number of unbranched alkanes of at least 4 members (excludes halogenated alkanes) is 4. The van der Waals surface area contributed by atoms with E-state index in [1.165, 1.54) is 157 Å². The molecule has 4 aromatic rings. The Kier molecular flexibility index (Phi) is 30.0. The molecule has 0 aromatic heterocycles. The lowest BCUT2D eigenvalue weighted by Gasteiger charge is -2.18. The molecule has 0 heterocycles. The zero-order valence-corrected chi connectivity index (χ0v) is 55.0. The molecule has 15 rings (SSSR count). The van der Waals surface area contributed by atoms with Crippen LogP contribution in [0.4, 0.5) is 0 Å². The predicted octanol–water partition coefficient (Wildman–Crippen LogP) is 24.2. The third kappa shape index (κ3) is 22.4. The van der Waals surface area contributed by atoms with Crippen LogP contribution < -0.4 is 0 Å². The van der Waals surface area contributed by atoms with Crippen LogP contribution in [0.3, 0.4) is 0 Å². The van der Waals surface area contributed by atoms with E-state index < -0.39 is 0 Å². The van der Waals surface area contributed by atoms with Crippen LogP contribution in [-0.4, -0.2) is 10.7 Å². The van der Waals surface area contributed by atoms with E-state index in [0.717, 1.165) is 106 Å². The summed E-state index contributed by atoms with van der Waals surface area (Å²) >= 11 is 6.54. The molecule has 0 radical (unpaired) electrons. The smallest absolute Gasteiger partial charge is 0.0209 e. The predicted molar refractivity (Wildman–Crippen MR) is 382 cm³/mol. The molecule has 11 aliphatic rings. The number of halogens is 2. The number of allylic oxidation sites excluding steroid dienone is 18. The zero-order valence-electron chi connectivity index (χ0n) is 51.9. The van der Waals surface area contributed by atoms with Crippen molar-refractivity contribution in [2.24, 2.45) is 82.9 Å². The highest BCUT2D eigenvalue weighted by molar-refractivity contribution is 9.09. The molecule has 0 N–H and O–H groups in total. The summed E-state index contributed by atoms with van der Waals surface area (Å²) in [4.78, 5) is 0. The molecule has 4 fully saturated rings. The lowest BCUT2D eigenvalue weighted by atomic mass is 9.86. The maximum Gasteiger partial charge on any atom is 0.0209 e. The average Bonchev–Trinajstić information content (AvgIpc) is 1.85. The standard InChI is InChI=1S/2C17H22.C12H16.2C10H12.C9H11Br.C5H6.C3H5Br.2H2/c2*1-2-6-14(7-3-1)8-4-5-9-16-12-15-10-11-17(16)13-15;1-2-3-4-6-9-12-10-7-5-8-11-12;2*1-2-9-7-4-5-8(6-7)10(9)3-1;10-8-4-7-9-5-2-1-3-6-9;1-2-4-5-3-1;1-2-3-4;;/h2*1-3,6-7,10-11,15-17H,4-5,8-9,12-13H2;2,5,7-8,10-11H,1,3-4,6,9H2;2*1-2,4-5,7-10H,3,6H2;1-3,5-6H,4,7-8H2;1-4H,5H2;2H,1,3H2;2*1H/i;;;;;;;;2*1+1. The SMILES string of the molecule is BrCCCc1ccccc1.C1=CC2C3C=CC(C3)C2C1.C1=CC2C3C=CC(C3)C2C1.C1=CC2CC1CC2CCCCc1ccccc1.C1=CC2CC1CC2CCCCc1ccccc1.C1=CCC=C1.C=CCBr.C=CCCCCc1ccccc1.[2HH].[2HH]. The maximum atomic E-state index is 3.71. The van der Waals surface area contributed by atoms with Gasteiger partial charge in [-0.15, -0.1) is 13.2 Å². The quantitative estimate of drug-likeness (QED) is 0.0499. The third-order valence-electron chi connectivity index (χ3n) is 20.2. The minimum Gasteiger partial charge on any atom is -0.103 e. The Morgan fingerprint density at radius 2 is 0.753 bits per heavy atom. The van der Waals surface area contributed by atoms with Gasteiger partial charge < -0.3 is 0 Å². The van der Waals surface area contributed by atoms with Crippen molar-refractivity contribution in [1.82, 2.24) is 0 Å². The summed E-state index contributed by atoms with van der Waals surface area (Å²) in [5.41, 5.74) is 5.88. The Morgan fingerprint density at radius 1 is 0.376 bits per heavy atom. The van der Waals surface area contributed by atoms with Crippen LogP contribution in [-0.2, 0) is 25.7 Å². The Bertz CT molecular complexity index is 2580. The fraction of sp³-hybridized carbons (Fsp3) is 0.470. The van der Waals surface area contributed by atoms with E-state index in [0.29, 0.717) is 0 Å². The van der Waals surface area contributed by atoms with E-state index in [2.05, 4.69) is 264 Å². The molecule has 0 aliphatic heterocycles. The van der Waals surface area contributed by atoms with Gasteiger partial charge in [-0.1, -0.05) is 275 Å². The largest absolute Gasteiger partial charge is 0.103 e. The molecule has 85 heavy (non-hydrogen) atoms. The highest BCUT2D eigenvalue weighted by Crippen LogP contribution is 2.54. The minimum atomic E-state index is 0. The van der Waals surface area contributed by atoms with Crippen LogP contribution in [0.25, 0.3) is 0 Å². The first-order valence-corrected chi connectivity index (χ1v) is 36.1. The van der Waals surface area contributed by atoms with Crippen LogP contribution in [0.2, 0.25) is 0 Å². The van der Waals surface area contributed by atoms with E-state index in [1.807, 2.05) is 6.08 Å². The molecule has 4 aromatic carbocycles. The molecule has 0 amide bonds. The van der Waals surface area contributed by atoms with Crippen molar-refractivity contribution in [1.29, 1.82) is 0 Å². The van der Waals surface area contributed by atoms with Crippen molar-refractivity contribution in [3.8, 4) is 0 Å². The van der Waals surface area contributed by atoms with Crippen molar-refractivity contribution >= 4 is 31.9 Å². The first-order chi connectivity index (χ1) is 42.0. The molecular formula is C83H110Br2. The summed E-state index contributed by atoms with van der Waals surface area (Å²) in [6.45, 7) is 7.14. The van der Waals surface area contributed by atoms with Crippen molar-refractivity contribution in [3.63, 3.8) is 0 Å². The molecule has 4 saturated carbocycles. The Morgan fingerprint density at radius 3 is 1.07 bits per heavy atom. The lowest BCUT2D eigenvalue weighted by Crippen LogP contribution is -2.12. The highest BCUT2D eigenvalue weighted by Gasteiger charge is 2.45. The van der Waals surface area contributed by atoms with E-state index in [9.17, 15) is 0 Å². The Labute approximate surface area is 538 Å². The second-order valence-electron chi connectivity index (χ2n) is 26.1. The molecule has 2 heteroatoms. The van der Waals surface area contributed by atoms with Gasteiger partial charge in [0.25, 0.3) is 0 Å². The van der Waals surface area contributed by atoms with E-state index in [1.54, 1.807) is 6.08 Å². The molecule has 14 atom stereocenters. The normalized spacial score (nSPS) is 28.6. The van der Waals surface area contributed by atoms with Crippen LogP contribution in [0.5, 0.6) is 0 Å². The molecule has 14 unspecified atom stereocenters. The highest BCUT2D eigenvalue weighted by atomic mass is 79.9. The van der Waals surface area contributed by atoms with Crippen molar-refractivity contribution < 1.29 is 2.85 Å². The van der Waals surface area contributed by atoms with Gasteiger partial charge in [-0.05, 0) is 240 Å².